The van der Waals surface area contributed by atoms with Gasteiger partial charge in [-0.15, -0.1) is 0 Å². The second-order valence-electron chi connectivity index (χ2n) is 6.61. The minimum Gasteiger partial charge on any atom is -0.315 e. The minimum absolute atomic E-state index is 0.0951. The van der Waals surface area contributed by atoms with Crippen molar-refractivity contribution in [2.24, 2.45) is 0 Å². The van der Waals surface area contributed by atoms with Gasteiger partial charge in [0, 0.05) is 25.4 Å². The molecule has 1 aromatic heterocycles. The van der Waals surface area contributed by atoms with E-state index in [-0.39, 0.29) is 5.91 Å². The molecule has 4 heteroatoms. The van der Waals surface area contributed by atoms with Gasteiger partial charge in [-0.05, 0) is 47.0 Å². The molecule has 0 fully saturated rings. The average molecular weight is 355 g/mol. The van der Waals surface area contributed by atoms with E-state index < -0.39 is 0 Å². The smallest absolute Gasteiger partial charge is 0.227 e. The second kappa shape index (κ2) is 7.46. The van der Waals surface area contributed by atoms with Gasteiger partial charge in [0.25, 0.3) is 0 Å². The Bertz CT molecular complexity index is 1070. The molecule has 0 spiro atoms. The normalized spacial score (nSPS) is 10.9. The highest BCUT2D eigenvalue weighted by molar-refractivity contribution is 5.96. The van der Waals surface area contributed by atoms with E-state index in [1.165, 1.54) is 5.39 Å². The zero-order valence-corrected chi connectivity index (χ0v) is 15.2. The summed E-state index contributed by atoms with van der Waals surface area (Å²) < 4.78 is 1.84. The Morgan fingerprint density at radius 1 is 0.963 bits per heavy atom. The summed E-state index contributed by atoms with van der Waals surface area (Å²) in [5, 5.41) is 6.71. The molecule has 0 saturated carbocycles. The molecular formula is C23H21N3O. The highest BCUT2D eigenvalue weighted by Crippen LogP contribution is 2.22. The molecule has 1 amide bonds. The molecule has 3 aromatic carbocycles. The molecule has 0 aliphatic rings. The molecule has 4 rings (SSSR count). The summed E-state index contributed by atoms with van der Waals surface area (Å²) in [7, 11) is 1.83. The number of fused-ring (bicyclic) bond motifs is 1. The highest BCUT2D eigenvalue weighted by atomic mass is 16.2. The number of hydrogen-bond acceptors (Lipinski definition) is 2. The monoisotopic (exact) mass is 355 g/mol. The number of aryl methyl sites for hydroxylation is 1. The first kappa shape index (κ1) is 17.0. The van der Waals surface area contributed by atoms with Crippen LogP contribution in [0, 0.1) is 0 Å². The van der Waals surface area contributed by atoms with Crippen LogP contribution in [0.5, 0.6) is 0 Å². The van der Waals surface area contributed by atoms with Crippen LogP contribution in [-0.4, -0.2) is 22.7 Å². The number of benzene rings is 3. The molecule has 4 aromatic rings. The lowest BCUT2D eigenvalue weighted by atomic mass is 10.1. The molecule has 0 bridgehead atoms. The zero-order valence-electron chi connectivity index (χ0n) is 15.2. The molecule has 134 valence electrons. The van der Waals surface area contributed by atoms with Gasteiger partial charge in [-0.3, -0.25) is 4.79 Å². The number of amides is 1. The average Bonchev–Trinajstić information content (AvgIpc) is 3.21. The lowest BCUT2D eigenvalue weighted by Gasteiger charge is -2.17. The first-order chi connectivity index (χ1) is 13.2. The third kappa shape index (κ3) is 3.75. The van der Waals surface area contributed by atoms with Crippen molar-refractivity contribution < 1.29 is 4.79 Å². The van der Waals surface area contributed by atoms with Crippen molar-refractivity contribution in [3.63, 3.8) is 0 Å². The second-order valence-corrected chi connectivity index (χ2v) is 6.61. The molecule has 0 radical (unpaired) electrons. The maximum Gasteiger partial charge on any atom is 0.227 e. The van der Waals surface area contributed by atoms with Crippen LogP contribution in [0.2, 0.25) is 0 Å². The van der Waals surface area contributed by atoms with Gasteiger partial charge in [-0.25, -0.2) is 4.68 Å². The number of aromatic nitrogens is 2. The molecule has 4 nitrogen and oxygen atoms in total. The zero-order chi connectivity index (χ0) is 18.6. The highest BCUT2D eigenvalue weighted by Gasteiger charge is 2.12. The molecule has 0 N–H and O–H groups in total. The number of carbonyl (C=O) groups is 1. The van der Waals surface area contributed by atoms with Crippen molar-refractivity contribution in [1.82, 2.24) is 9.78 Å². The van der Waals surface area contributed by atoms with Crippen LogP contribution in [0.25, 0.3) is 16.5 Å². The summed E-state index contributed by atoms with van der Waals surface area (Å²) in [6, 6.07) is 24.2. The summed E-state index contributed by atoms with van der Waals surface area (Å²) in [5.41, 5.74) is 2.99. The van der Waals surface area contributed by atoms with Crippen LogP contribution in [0.1, 0.15) is 12.0 Å². The van der Waals surface area contributed by atoms with E-state index >= 15 is 0 Å². The molecule has 0 unspecified atom stereocenters. The van der Waals surface area contributed by atoms with Crippen molar-refractivity contribution in [2.45, 2.75) is 12.8 Å². The summed E-state index contributed by atoms with van der Waals surface area (Å²) >= 11 is 0. The van der Waals surface area contributed by atoms with Gasteiger partial charge in [0.2, 0.25) is 5.91 Å². The van der Waals surface area contributed by atoms with E-state index in [1.54, 1.807) is 4.90 Å². The van der Waals surface area contributed by atoms with Crippen LogP contribution < -0.4 is 4.90 Å². The molecule has 0 aliphatic heterocycles. The van der Waals surface area contributed by atoms with Crippen LogP contribution in [-0.2, 0) is 11.2 Å². The van der Waals surface area contributed by atoms with E-state index in [0.717, 1.165) is 22.3 Å². The Kier molecular flexibility index (Phi) is 4.71. The summed E-state index contributed by atoms with van der Waals surface area (Å²) in [6.07, 6.45) is 4.93. The Morgan fingerprint density at radius 3 is 2.52 bits per heavy atom. The van der Waals surface area contributed by atoms with E-state index in [2.05, 4.69) is 29.4 Å². The number of hydrogen-bond donors (Lipinski definition) is 0. The van der Waals surface area contributed by atoms with Crippen molar-refractivity contribution >= 4 is 22.4 Å². The maximum absolute atomic E-state index is 12.6. The van der Waals surface area contributed by atoms with E-state index in [4.69, 9.17) is 0 Å². The van der Waals surface area contributed by atoms with Crippen molar-refractivity contribution in [1.29, 1.82) is 0 Å². The molecule has 0 aliphatic carbocycles. The Hall–Kier alpha value is -3.40. The standard InChI is InChI=1S/C23H21N3O/c1-25(22-13-12-19-7-5-6-8-20(19)15-22)23(27)14-11-18-16-24-26(17-18)21-9-3-2-4-10-21/h2-10,12-13,15-17H,11,14H2,1H3. The van der Waals surface area contributed by atoms with Crippen LogP contribution >= 0.6 is 0 Å². The number of anilines is 1. The molecule has 27 heavy (non-hydrogen) atoms. The number of carbonyl (C=O) groups excluding carboxylic acids is 1. The van der Waals surface area contributed by atoms with E-state index in [1.807, 2.05) is 72.7 Å². The fraction of sp³-hybridized carbons (Fsp3) is 0.130. The first-order valence-electron chi connectivity index (χ1n) is 9.05. The van der Waals surface area contributed by atoms with Gasteiger partial charge in [0.15, 0.2) is 0 Å². The van der Waals surface area contributed by atoms with Gasteiger partial charge >= 0.3 is 0 Å². The van der Waals surface area contributed by atoms with Gasteiger partial charge in [-0.2, -0.15) is 5.10 Å². The summed E-state index contributed by atoms with van der Waals surface area (Å²) in [6.45, 7) is 0. The largest absolute Gasteiger partial charge is 0.315 e. The lowest BCUT2D eigenvalue weighted by molar-refractivity contribution is -0.118. The Morgan fingerprint density at radius 2 is 1.70 bits per heavy atom. The number of rotatable bonds is 5. The van der Waals surface area contributed by atoms with Crippen molar-refractivity contribution in [3.05, 3.63) is 90.8 Å². The summed E-state index contributed by atoms with van der Waals surface area (Å²) in [4.78, 5) is 14.4. The Labute approximate surface area is 158 Å². The van der Waals surface area contributed by atoms with Crippen LogP contribution in [0.3, 0.4) is 0 Å². The first-order valence-corrected chi connectivity index (χ1v) is 9.05. The van der Waals surface area contributed by atoms with Crippen LogP contribution in [0.15, 0.2) is 85.2 Å². The van der Waals surface area contributed by atoms with Gasteiger partial charge < -0.3 is 4.90 Å². The third-order valence-electron chi connectivity index (χ3n) is 4.78. The number of nitrogens with zero attached hydrogens (tertiary/aromatic N) is 3. The fourth-order valence-corrected chi connectivity index (χ4v) is 3.16. The van der Waals surface area contributed by atoms with Gasteiger partial charge in [-0.1, -0.05) is 48.5 Å². The van der Waals surface area contributed by atoms with Crippen molar-refractivity contribution in [3.8, 4) is 5.69 Å². The third-order valence-corrected chi connectivity index (χ3v) is 4.78. The summed E-state index contributed by atoms with van der Waals surface area (Å²) in [5.74, 6) is 0.0951. The Balaban J connectivity index is 1.42. The maximum atomic E-state index is 12.6. The fourth-order valence-electron chi connectivity index (χ4n) is 3.16. The molecule has 0 atom stereocenters. The van der Waals surface area contributed by atoms with E-state index in [9.17, 15) is 4.79 Å². The molecule has 0 saturated heterocycles. The molecule has 1 heterocycles. The topological polar surface area (TPSA) is 38.1 Å². The predicted molar refractivity (Wildman–Crippen MR) is 109 cm³/mol. The van der Waals surface area contributed by atoms with E-state index in [0.29, 0.717) is 12.8 Å². The minimum atomic E-state index is 0.0951. The quantitative estimate of drug-likeness (QED) is 0.524. The number of para-hydroxylation sites is 1. The van der Waals surface area contributed by atoms with Gasteiger partial charge in [0.05, 0.1) is 11.9 Å². The van der Waals surface area contributed by atoms with Crippen molar-refractivity contribution in [2.75, 3.05) is 11.9 Å². The molecular weight excluding hydrogens is 334 g/mol. The van der Waals surface area contributed by atoms with Crippen LogP contribution in [0.4, 0.5) is 5.69 Å². The lowest BCUT2D eigenvalue weighted by Crippen LogP contribution is -2.26. The SMILES string of the molecule is CN(C(=O)CCc1cnn(-c2ccccc2)c1)c1ccc2ccccc2c1. The van der Waals surface area contributed by atoms with Gasteiger partial charge in [0.1, 0.15) is 0 Å². The predicted octanol–water partition coefficient (Wildman–Crippen LogP) is 4.62.